The zero-order valence-corrected chi connectivity index (χ0v) is 19.9. The standard InChI is InChI=1S/C24H38BF3N4O2/c1-13-7-14(20-11-30-12-34-20)9-15(8-13)21(29)17-3-2-6-31-22(17)23(33)32-19-10-16(25)4-5-18(19)24(26,27)28/h4-5,13-16,18-21,23,30-33H,2-3,6-12,29H2,1H3. The normalized spacial score (nSPS) is 39.1. The van der Waals surface area contributed by atoms with Gasteiger partial charge in [-0.1, -0.05) is 24.9 Å². The molecule has 0 aromatic rings. The molecule has 0 bridgehead atoms. The summed E-state index contributed by atoms with van der Waals surface area (Å²) in [5.41, 5.74) is 8.28. The molecule has 9 unspecified atom stereocenters. The number of alkyl halides is 3. The number of allylic oxidation sites excluding steroid dienone is 1. The third-order valence-electron chi connectivity index (χ3n) is 8.03. The third-order valence-corrected chi connectivity index (χ3v) is 8.03. The van der Waals surface area contributed by atoms with E-state index in [0.29, 0.717) is 30.8 Å². The maximum absolute atomic E-state index is 13.6. The first-order valence-corrected chi connectivity index (χ1v) is 12.6. The molecule has 0 amide bonds. The lowest BCUT2D eigenvalue weighted by molar-refractivity contribution is -0.171. The molecule has 190 valence electrons. The first kappa shape index (κ1) is 26.0. The Morgan fingerprint density at radius 1 is 1.24 bits per heavy atom. The molecule has 2 aliphatic heterocycles. The van der Waals surface area contributed by atoms with Gasteiger partial charge < -0.3 is 20.9 Å². The number of nitrogens with one attached hydrogen (secondary N) is 3. The minimum absolute atomic E-state index is 0.101. The first-order valence-electron chi connectivity index (χ1n) is 12.6. The Labute approximate surface area is 201 Å². The van der Waals surface area contributed by atoms with Crippen molar-refractivity contribution in [3.8, 4) is 0 Å². The van der Waals surface area contributed by atoms with Crippen LogP contribution in [0.15, 0.2) is 23.4 Å². The van der Waals surface area contributed by atoms with Crippen LogP contribution in [0.1, 0.15) is 45.4 Å². The van der Waals surface area contributed by atoms with Gasteiger partial charge in [0.25, 0.3) is 0 Å². The summed E-state index contributed by atoms with van der Waals surface area (Å²) in [6.07, 6.45) is 1.80. The minimum atomic E-state index is -4.41. The van der Waals surface area contributed by atoms with Gasteiger partial charge in [-0.3, -0.25) is 10.6 Å². The van der Waals surface area contributed by atoms with E-state index in [9.17, 15) is 18.3 Å². The molecule has 1 saturated heterocycles. The molecule has 0 aromatic carbocycles. The molecule has 0 aromatic heterocycles. The Kier molecular flexibility index (Phi) is 8.34. The van der Waals surface area contributed by atoms with Gasteiger partial charge in [-0.15, -0.1) is 0 Å². The van der Waals surface area contributed by atoms with E-state index in [4.69, 9.17) is 18.3 Å². The molecule has 6 N–H and O–H groups in total. The van der Waals surface area contributed by atoms with E-state index >= 15 is 0 Å². The quantitative estimate of drug-likeness (QED) is 0.227. The van der Waals surface area contributed by atoms with Crippen molar-refractivity contribution >= 4 is 7.85 Å². The monoisotopic (exact) mass is 482 g/mol. The van der Waals surface area contributed by atoms with E-state index in [-0.39, 0.29) is 24.5 Å². The van der Waals surface area contributed by atoms with E-state index in [2.05, 4.69) is 22.9 Å². The maximum Gasteiger partial charge on any atom is 0.396 e. The highest BCUT2D eigenvalue weighted by atomic mass is 19.4. The fraction of sp³-hybridized carbons (Fsp3) is 0.833. The summed E-state index contributed by atoms with van der Waals surface area (Å²) in [7, 11) is 5.90. The summed E-state index contributed by atoms with van der Waals surface area (Å²) in [5.74, 6) is -0.981. The molecule has 9 atom stereocenters. The van der Waals surface area contributed by atoms with E-state index in [1.807, 2.05) is 0 Å². The molecule has 10 heteroatoms. The molecule has 34 heavy (non-hydrogen) atoms. The third kappa shape index (κ3) is 6.01. The van der Waals surface area contributed by atoms with Crippen molar-refractivity contribution in [2.45, 2.75) is 81.9 Å². The van der Waals surface area contributed by atoms with E-state index in [0.717, 1.165) is 50.3 Å². The largest absolute Gasteiger partial charge is 0.396 e. The second-order valence-electron chi connectivity index (χ2n) is 10.7. The summed E-state index contributed by atoms with van der Waals surface area (Å²) in [4.78, 5) is 0. The first-order chi connectivity index (χ1) is 16.1. The van der Waals surface area contributed by atoms with E-state index in [1.54, 1.807) is 0 Å². The second kappa shape index (κ2) is 10.9. The number of hydrogen-bond donors (Lipinski definition) is 5. The molecule has 2 fully saturated rings. The van der Waals surface area contributed by atoms with Crippen molar-refractivity contribution in [2.24, 2.45) is 29.4 Å². The van der Waals surface area contributed by atoms with Gasteiger partial charge >= 0.3 is 6.18 Å². The van der Waals surface area contributed by atoms with Gasteiger partial charge in [-0.2, -0.15) is 13.2 Å². The molecule has 2 heterocycles. The van der Waals surface area contributed by atoms with Crippen LogP contribution in [0, 0.1) is 23.7 Å². The lowest BCUT2D eigenvalue weighted by Gasteiger charge is -2.41. The zero-order chi connectivity index (χ0) is 24.5. The molecule has 4 rings (SSSR count). The number of hydrogen-bond acceptors (Lipinski definition) is 6. The van der Waals surface area contributed by atoms with Gasteiger partial charge in [-0.25, -0.2) is 0 Å². The molecule has 4 aliphatic rings. The van der Waals surface area contributed by atoms with Gasteiger partial charge in [0, 0.05) is 25.2 Å². The Morgan fingerprint density at radius 3 is 2.74 bits per heavy atom. The fourth-order valence-corrected chi connectivity index (χ4v) is 6.40. The van der Waals surface area contributed by atoms with Crippen molar-refractivity contribution in [3.05, 3.63) is 23.4 Å². The summed E-state index contributed by atoms with van der Waals surface area (Å²) in [6, 6.07) is -1.26. The molecule has 6 nitrogen and oxygen atoms in total. The number of nitrogens with two attached hydrogens (primary N) is 1. The number of halogens is 3. The Bertz CT molecular complexity index is 759. The predicted octanol–water partition coefficient (Wildman–Crippen LogP) is 2.32. The van der Waals surface area contributed by atoms with Crippen LogP contribution in [0.4, 0.5) is 13.2 Å². The molecular formula is C24H38BF3N4O2. The maximum atomic E-state index is 13.6. The summed E-state index contributed by atoms with van der Waals surface area (Å²) >= 11 is 0. The van der Waals surface area contributed by atoms with Crippen molar-refractivity contribution in [1.82, 2.24) is 16.0 Å². The van der Waals surface area contributed by atoms with Crippen molar-refractivity contribution in [2.75, 3.05) is 19.8 Å². The smallest absolute Gasteiger partial charge is 0.385 e. The highest BCUT2D eigenvalue weighted by Crippen LogP contribution is 2.41. The Morgan fingerprint density at radius 2 is 2.03 bits per heavy atom. The van der Waals surface area contributed by atoms with E-state index in [1.165, 1.54) is 6.08 Å². The number of aliphatic hydroxyl groups is 1. The number of aliphatic hydroxyl groups excluding tert-OH is 1. The summed E-state index contributed by atoms with van der Waals surface area (Å²) in [5, 5.41) is 20.4. The van der Waals surface area contributed by atoms with Gasteiger partial charge in [0.05, 0.1) is 32.3 Å². The van der Waals surface area contributed by atoms with Crippen molar-refractivity contribution in [1.29, 1.82) is 0 Å². The number of ether oxygens (including phenoxy) is 1. The molecular weight excluding hydrogens is 444 g/mol. The van der Waals surface area contributed by atoms with Crippen LogP contribution in [0.3, 0.4) is 0 Å². The van der Waals surface area contributed by atoms with Crippen LogP contribution in [0.25, 0.3) is 0 Å². The van der Waals surface area contributed by atoms with Gasteiger partial charge in [-0.05, 0) is 61.9 Å². The van der Waals surface area contributed by atoms with Crippen LogP contribution in [0.2, 0.25) is 5.82 Å². The second-order valence-corrected chi connectivity index (χ2v) is 10.7. The SMILES string of the molecule is [B]C1C=CC(C(F)(F)F)C(NC(O)C2=C(C(N)C3CC(C)CC(C4CNCO4)C3)CCCN2)C1. The van der Waals surface area contributed by atoms with Gasteiger partial charge in [0.2, 0.25) is 0 Å². The number of rotatable bonds is 6. The van der Waals surface area contributed by atoms with Crippen molar-refractivity contribution < 1.29 is 23.0 Å². The van der Waals surface area contributed by atoms with Crippen LogP contribution in [0.5, 0.6) is 0 Å². The topological polar surface area (TPSA) is 91.6 Å². The lowest BCUT2D eigenvalue weighted by atomic mass is 9.69. The summed E-state index contributed by atoms with van der Waals surface area (Å²) in [6.45, 7) is 4.34. The minimum Gasteiger partial charge on any atom is -0.385 e. The summed E-state index contributed by atoms with van der Waals surface area (Å²) < 4.78 is 46.6. The zero-order valence-electron chi connectivity index (χ0n) is 19.9. The lowest BCUT2D eigenvalue weighted by Crippen LogP contribution is -2.52. The Hall–Kier alpha value is -1.07. The highest BCUT2D eigenvalue weighted by molar-refractivity contribution is 6.13. The average molecular weight is 482 g/mol. The van der Waals surface area contributed by atoms with Crippen molar-refractivity contribution in [3.63, 3.8) is 0 Å². The van der Waals surface area contributed by atoms with Gasteiger partial charge in [0.15, 0.2) is 0 Å². The van der Waals surface area contributed by atoms with Crippen LogP contribution >= 0.6 is 0 Å². The highest BCUT2D eigenvalue weighted by Gasteiger charge is 2.45. The van der Waals surface area contributed by atoms with Gasteiger partial charge in [0.1, 0.15) is 6.23 Å². The molecule has 2 radical (unpaired) electrons. The van der Waals surface area contributed by atoms with Crippen LogP contribution in [-0.4, -0.2) is 63.4 Å². The van der Waals surface area contributed by atoms with Crippen LogP contribution in [-0.2, 0) is 4.74 Å². The molecule has 2 aliphatic carbocycles. The molecule has 1 saturated carbocycles. The fourth-order valence-electron chi connectivity index (χ4n) is 6.40. The predicted molar refractivity (Wildman–Crippen MR) is 126 cm³/mol. The Balaban J connectivity index is 1.50. The molecule has 0 spiro atoms. The van der Waals surface area contributed by atoms with Crippen LogP contribution < -0.4 is 21.7 Å². The average Bonchev–Trinajstić information content (AvgIpc) is 3.32. The van der Waals surface area contributed by atoms with E-state index < -0.39 is 30.2 Å².